The summed E-state index contributed by atoms with van der Waals surface area (Å²) in [6.07, 6.45) is -0.105. The first-order chi connectivity index (χ1) is 6.73. The summed E-state index contributed by atoms with van der Waals surface area (Å²) in [5, 5.41) is 0. The lowest BCUT2D eigenvalue weighted by Crippen LogP contribution is -2.44. The van der Waals surface area contributed by atoms with Crippen molar-refractivity contribution in [1.82, 2.24) is 4.72 Å². The molecular weight excluding hydrogens is 214 g/mol. The lowest BCUT2D eigenvalue weighted by atomic mass is 10.0. The molecule has 0 unspecified atom stereocenters. The van der Waals surface area contributed by atoms with E-state index in [2.05, 4.69) is 4.72 Å². The second-order valence-corrected chi connectivity index (χ2v) is 6.98. The van der Waals surface area contributed by atoms with Crippen molar-refractivity contribution in [3.05, 3.63) is 0 Å². The number of carbonyl (C=O) groups excluding carboxylic acids is 1. The van der Waals surface area contributed by atoms with Crippen LogP contribution < -0.4 is 4.72 Å². The monoisotopic (exact) mass is 233 g/mol. The van der Waals surface area contributed by atoms with Crippen molar-refractivity contribution in [2.24, 2.45) is 5.92 Å². The number of cyclic esters (lactones) is 1. The predicted molar refractivity (Wildman–Crippen MR) is 59.5 cm³/mol. The maximum absolute atomic E-state index is 11.8. The maximum atomic E-state index is 11.8. The third-order valence-corrected chi connectivity index (χ3v) is 4.19. The number of esters is 1. The Kier molecular flexibility index (Phi) is 3.55. The van der Waals surface area contributed by atoms with Crippen LogP contribution in [0.4, 0.5) is 0 Å². The molecular formula is C10H19NO3S. The number of rotatable bonds is 2. The van der Waals surface area contributed by atoms with Crippen LogP contribution >= 0.6 is 0 Å². The van der Waals surface area contributed by atoms with E-state index in [4.69, 9.17) is 4.74 Å². The third kappa shape index (κ3) is 2.78. The molecule has 1 fully saturated rings. The minimum absolute atomic E-state index is 0.0591. The van der Waals surface area contributed by atoms with Crippen LogP contribution in [0.25, 0.3) is 0 Å². The van der Waals surface area contributed by atoms with Crippen LogP contribution in [0.1, 0.15) is 34.6 Å². The Morgan fingerprint density at radius 3 is 2.20 bits per heavy atom. The van der Waals surface area contributed by atoms with Gasteiger partial charge < -0.3 is 4.74 Å². The van der Waals surface area contributed by atoms with E-state index in [1.165, 1.54) is 0 Å². The molecule has 15 heavy (non-hydrogen) atoms. The number of hydrogen-bond acceptors (Lipinski definition) is 3. The lowest BCUT2D eigenvalue weighted by Gasteiger charge is -2.21. The Hall–Kier alpha value is -0.420. The molecule has 1 aliphatic heterocycles. The smallest absolute Gasteiger partial charge is 0.324 e. The summed E-state index contributed by atoms with van der Waals surface area (Å²) in [6.45, 7) is 9.37. The molecule has 0 bridgehead atoms. The fraction of sp³-hybridized carbons (Fsp3) is 0.900. The van der Waals surface area contributed by atoms with Crippen LogP contribution in [0.15, 0.2) is 0 Å². The van der Waals surface area contributed by atoms with E-state index in [1.807, 2.05) is 34.6 Å². The highest BCUT2D eigenvalue weighted by Gasteiger charge is 2.41. The number of ether oxygens (including phenoxy) is 1. The van der Waals surface area contributed by atoms with Gasteiger partial charge in [0, 0.05) is 5.92 Å². The van der Waals surface area contributed by atoms with Crippen molar-refractivity contribution >= 4 is 17.0 Å². The van der Waals surface area contributed by atoms with Gasteiger partial charge in [-0.2, -0.15) is 0 Å². The van der Waals surface area contributed by atoms with Gasteiger partial charge in [0.25, 0.3) is 0 Å². The van der Waals surface area contributed by atoms with Gasteiger partial charge in [0.05, 0.1) is 15.7 Å². The first-order valence-corrected chi connectivity index (χ1v) is 6.27. The highest BCUT2D eigenvalue weighted by molar-refractivity contribution is 7.84. The standard InChI is InChI=1S/C10H19NO3S/c1-6-7(2)14-9(12)8(6)11-15(13)10(3,4)5/h6-8,11H,1-5H3/t6-,7+,8+,15-/m0/s1. The number of nitrogens with one attached hydrogen (secondary N) is 1. The van der Waals surface area contributed by atoms with E-state index < -0.39 is 17.0 Å². The number of hydrogen-bond donors (Lipinski definition) is 1. The second kappa shape index (κ2) is 4.22. The highest BCUT2D eigenvalue weighted by atomic mass is 32.2. The first kappa shape index (κ1) is 12.6. The molecule has 0 aromatic rings. The van der Waals surface area contributed by atoms with Crippen LogP contribution in [0, 0.1) is 5.92 Å². The molecule has 0 amide bonds. The molecule has 0 aliphatic carbocycles. The van der Waals surface area contributed by atoms with Gasteiger partial charge >= 0.3 is 5.97 Å². The van der Waals surface area contributed by atoms with Crippen molar-refractivity contribution < 1.29 is 13.7 Å². The molecule has 0 saturated carbocycles. The van der Waals surface area contributed by atoms with Crippen LogP contribution in [0.5, 0.6) is 0 Å². The van der Waals surface area contributed by atoms with Gasteiger partial charge in [-0.1, -0.05) is 6.92 Å². The fourth-order valence-corrected chi connectivity index (χ4v) is 2.19. The molecule has 1 rings (SSSR count). The zero-order chi connectivity index (χ0) is 11.8. The fourth-order valence-electron chi connectivity index (χ4n) is 1.30. The zero-order valence-electron chi connectivity index (χ0n) is 9.87. The Morgan fingerprint density at radius 1 is 1.33 bits per heavy atom. The third-order valence-electron chi connectivity index (χ3n) is 2.61. The molecule has 0 aromatic carbocycles. The van der Waals surface area contributed by atoms with Crippen LogP contribution in [-0.4, -0.2) is 27.1 Å². The molecule has 5 heteroatoms. The molecule has 88 valence electrons. The minimum atomic E-state index is -1.23. The summed E-state index contributed by atoms with van der Waals surface area (Å²) in [7, 11) is -1.23. The van der Waals surface area contributed by atoms with E-state index in [1.54, 1.807) is 0 Å². The highest BCUT2D eigenvalue weighted by Crippen LogP contribution is 2.23. The van der Waals surface area contributed by atoms with Gasteiger partial charge in [0.1, 0.15) is 12.1 Å². The first-order valence-electron chi connectivity index (χ1n) is 5.12. The quantitative estimate of drug-likeness (QED) is 0.724. The Morgan fingerprint density at radius 2 is 1.87 bits per heavy atom. The average Bonchev–Trinajstić information content (AvgIpc) is 2.30. The summed E-state index contributed by atoms with van der Waals surface area (Å²) in [6, 6.07) is -0.444. The van der Waals surface area contributed by atoms with E-state index >= 15 is 0 Å². The van der Waals surface area contributed by atoms with Crippen molar-refractivity contribution in [3.63, 3.8) is 0 Å². The van der Waals surface area contributed by atoms with Crippen molar-refractivity contribution in [3.8, 4) is 0 Å². The van der Waals surface area contributed by atoms with Gasteiger partial charge in [0.2, 0.25) is 0 Å². The SMILES string of the molecule is C[C@H]1[C@@H](C)OC(=O)[C@@H]1N[S@@](=O)C(C)(C)C. The van der Waals surface area contributed by atoms with E-state index in [0.717, 1.165) is 0 Å². The summed E-state index contributed by atoms with van der Waals surface area (Å²) >= 11 is 0. The van der Waals surface area contributed by atoms with E-state index in [9.17, 15) is 9.00 Å². The molecule has 0 radical (unpaired) electrons. The summed E-state index contributed by atoms with van der Waals surface area (Å²) in [5.74, 6) is -0.239. The van der Waals surface area contributed by atoms with E-state index in [0.29, 0.717) is 0 Å². The van der Waals surface area contributed by atoms with Crippen molar-refractivity contribution in [1.29, 1.82) is 0 Å². The Bertz CT molecular complexity index is 285. The lowest BCUT2D eigenvalue weighted by molar-refractivity contribution is -0.142. The van der Waals surface area contributed by atoms with Gasteiger partial charge in [-0.3, -0.25) is 4.79 Å². The van der Waals surface area contributed by atoms with Gasteiger partial charge in [-0.05, 0) is 27.7 Å². The maximum Gasteiger partial charge on any atom is 0.324 e. The zero-order valence-corrected chi connectivity index (χ0v) is 10.7. The Balaban J connectivity index is 2.67. The summed E-state index contributed by atoms with van der Waals surface area (Å²) in [4.78, 5) is 11.4. The van der Waals surface area contributed by atoms with Crippen LogP contribution in [0.2, 0.25) is 0 Å². The molecule has 1 saturated heterocycles. The van der Waals surface area contributed by atoms with Crippen LogP contribution in [-0.2, 0) is 20.5 Å². The molecule has 0 spiro atoms. The van der Waals surface area contributed by atoms with Gasteiger partial charge in [-0.25, -0.2) is 8.93 Å². The minimum Gasteiger partial charge on any atom is -0.461 e. The number of carbonyl (C=O) groups is 1. The van der Waals surface area contributed by atoms with E-state index in [-0.39, 0.29) is 22.7 Å². The molecule has 0 aromatic heterocycles. The van der Waals surface area contributed by atoms with Crippen LogP contribution in [0.3, 0.4) is 0 Å². The Labute approximate surface area is 93.4 Å². The molecule has 4 atom stereocenters. The molecule has 4 nitrogen and oxygen atoms in total. The topological polar surface area (TPSA) is 55.4 Å². The van der Waals surface area contributed by atoms with Crippen molar-refractivity contribution in [2.75, 3.05) is 0 Å². The van der Waals surface area contributed by atoms with Crippen molar-refractivity contribution in [2.45, 2.75) is 51.5 Å². The molecule has 1 N–H and O–H groups in total. The summed E-state index contributed by atoms with van der Waals surface area (Å²) < 4.78 is 19.4. The van der Waals surface area contributed by atoms with Gasteiger partial charge in [0.15, 0.2) is 0 Å². The van der Waals surface area contributed by atoms with Gasteiger partial charge in [-0.15, -0.1) is 0 Å². The normalized spacial score (nSPS) is 33.9. The second-order valence-electron chi connectivity index (χ2n) is 4.98. The largest absolute Gasteiger partial charge is 0.461 e. The predicted octanol–water partition coefficient (Wildman–Crippen LogP) is 0.988. The molecule has 1 heterocycles. The average molecular weight is 233 g/mol. The molecule has 1 aliphatic rings. The summed E-state index contributed by atoms with van der Waals surface area (Å²) in [5.41, 5.74) is 0.